The van der Waals surface area contributed by atoms with Gasteiger partial charge < -0.3 is 25.9 Å². The zero-order chi connectivity index (χ0) is 9.45. The summed E-state index contributed by atoms with van der Waals surface area (Å²) >= 11 is 0. The molecule has 84 valence electrons. The van der Waals surface area contributed by atoms with E-state index in [-0.39, 0.29) is 40.9 Å². The normalized spacial score (nSPS) is 16.5. The molecule has 0 bridgehead atoms. The van der Waals surface area contributed by atoms with Gasteiger partial charge in [0.1, 0.15) is 0 Å². The third kappa shape index (κ3) is 12.1. The van der Waals surface area contributed by atoms with Crippen LogP contribution in [0.4, 0.5) is 0 Å². The van der Waals surface area contributed by atoms with Crippen LogP contribution < -0.4 is 0 Å². The largest absolute Gasteiger partial charge is 2.00 e. The number of hydrogen-bond acceptors (Lipinski definition) is 4. The van der Waals surface area contributed by atoms with E-state index in [1.54, 1.807) is 0 Å². The Morgan fingerprint density at radius 2 is 1.86 bits per heavy atom. The minimum Gasteiger partial charge on any atom is -0.678 e. The minimum absolute atomic E-state index is 0. The molecule has 0 aliphatic carbocycles. The van der Waals surface area contributed by atoms with Crippen molar-refractivity contribution >= 4 is 6.47 Å². The molecule has 1 aliphatic heterocycles. The number of carbonyl (C=O) groups excluding carboxylic acids is 1. The molecule has 0 aromatic carbocycles. The van der Waals surface area contributed by atoms with Gasteiger partial charge in [-0.3, -0.25) is 0 Å². The van der Waals surface area contributed by atoms with Crippen LogP contribution in [0.15, 0.2) is 0 Å². The van der Waals surface area contributed by atoms with Crippen LogP contribution in [0.3, 0.4) is 0 Å². The van der Waals surface area contributed by atoms with E-state index in [0.717, 1.165) is 13.2 Å². The first-order chi connectivity index (χ1) is 5.62. The first-order valence-electron chi connectivity index (χ1n) is 3.68. The molecule has 1 fully saturated rings. The van der Waals surface area contributed by atoms with E-state index in [2.05, 4.69) is 11.7 Å². The second-order valence-corrected chi connectivity index (χ2v) is 2.53. The van der Waals surface area contributed by atoms with Gasteiger partial charge in [-0.25, -0.2) is 0 Å². The Hall–Kier alpha value is 0.0783. The quantitative estimate of drug-likeness (QED) is 0.684. The molecule has 0 amide bonds. The van der Waals surface area contributed by atoms with Gasteiger partial charge in [-0.2, -0.15) is 0 Å². The molecular weight excluding hydrogens is 356 g/mol. The zero-order valence-corrected chi connectivity index (χ0v) is 10.8. The number of ether oxygens (including phenoxy) is 3. The molecule has 1 rings (SSSR count). The third-order valence-corrected chi connectivity index (χ3v) is 1.14. The predicted octanol–water partition coefficient (Wildman–Crippen LogP) is 1.31. The molecule has 0 spiro atoms. The maximum absolute atomic E-state index is 9.02. The molecule has 1 aliphatic rings. The van der Waals surface area contributed by atoms with Gasteiger partial charge in [0, 0.05) is 0 Å². The van der Waals surface area contributed by atoms with Crippen molar-refractivity contribution in [3.63, 3.8) is 0 Å². The van der Waals surface area contributed by atoms with Gasteiger partial charge in [0.2, 0.25) is 0 Å². The summed E-state index contributed by atoms with van der Waals surface area (Å²) in [6, 6.07) is 0. The van der Waals surface area contributed by atoms with Crippen molar-refractivity contribution in [3.8, 4) is 0 Å². The molecule has 0 aromatic heterocycles. The fourth-order valence-corrected chi connectivity index (χ4v) is 0.658. The Morgan fingerprint density at radius 3 is 1.93 bits per heavy atom. The van der Waals surface area contributed by atoms with Crippen LogP contribution >= 0.6 is 0 Å². The summed E-state index contributed by atoms with van der Waals surface area (Å²) in [5, 5.41) is 0. The Morgan fingerprint density at radius 1 is 1.43 bits per heavy atom. The fourth-order valence-electron chi connectivity index (χ4n) is 0.658. The summed E-state index contributed by atoms with van der Waals surface area (Å²) in [5.41, 5.74) is 0. The van der Waals surface area contributed by atoms with E-state index in [1.165, 1.54) is 6.47 Å². The Balaban J connectivity index is -0.000000159. The van der Waals surface area contributed by atoms with Gasteiger partial charge in [0.15, 0.2) is 5.79 Å². The molecule has 1 heterocycles. The second-order valence-electron chi connectivity index (χ2n) is 2.53. The van der Waals surface area contributed by atoms with Crippen LogP contribution in [-0.2, 0) is 40.1 Å². The van der Waals surface area contributed by atoms with Crippen LogP contribution in [0, 0.1) is 6.92 Å². The van der Waals surface area contributed by atoms with Crippen LogP contribution in [0.2, 0.25) is 0 Å². The smallest absolute Gasteiger partial charge is 0.678 e. The van der Waals surface area contributed by atoms with E-state index < -0.39 is 0 Å². The second kappa shape index (κ2) is 11.2. The van der Waals surface area contributed by atoms with Crippen LogP contribution in [-0.4, -0.2) is 32.1 Å². The predicted molar refractivity (Wildman–Crippen MR) is 49.7 cm³/mol. The topological polar surface area (TPSA) is 44.8 Å². The first kappa shape index (κ1) is 19.6. The number of hydrogen-bond donors (Lipinski definition) is 0. The minimum atomic E-state index is -0.306. The number of rotatable bonds is 2. The molecule has 0 atom stereocenters. The molecule has 5 heteroatoms. The molecular formula is C9H18O4W. The summed E-state index contributed by atoms with van der Waals surface area (Å²) in [4.78, 5) is 9.02. The van der Waals surface area contributed by atoms with E-state index in [4.69, 9.17) is 14.3 Å². The van der Waals surface area contributed by atoms with Crippen LogP contribution in [0.1, 0.15) is 21.3 Å². The molecule has 0 aromatic rings. The van der Waals surface area contributed by atoms with Crippen molar-refractivity contribution in [2.45, 2.75) is 27.1 Å². The van der Waals surface area contributed by atoms with Crippen molar-refractivity contribution in [1.82, 2.24) is 0 Å². The molecule has 14 heavy (non-hydrogen) atoms. The van der Waals surface area contributed by atoms with Gasteiger partial charge >= 0.3 is 21.1 Å². The van der Waals surface area contributed by atoms with Crippen molar-refractivity contribution in [2.24, 2.45) is 0 Å². The van der Waals surface area contributed by atoms with Crippen LogP contribution in [0.25, 0.3) is 0 Å². The average Bonchev–Trinajstić information content (AvgIpc) is 2.37. The van der Waals surface area contributed by atoms with Gasteiger partial charge in [-0.1, -0.05) is 20.5 Å². The van der Waals surface area contributed by atoms with Gasteiger partial charge in [-0.05, 0) is 13.8 Å². The third-order valence-electron chi connectivity index (χ3n) is 1.14. The van der Waals surface area contributed by atoms with E-state index >= 15 is 0 Å². The Bertz CT molecular complexity index is 120. The van der Waals surface area contributed by atoms with Gasteiger partial charge in [0.25, 0.3) is 0 Å². The van der Waals surface area contributed by atoms with E-state index in [0.29, 0.717) is 0 Å². The maximum atomic E-state index is 9.02. The summed E-state index contributed by atoms with van der Waals surface area (Å²) in [5.74, 6) is -0.306. The average molecular weight is 374 g/mol. The summed E-state index contributed by atoms with van der Waals surface area (Å²) in [6.07, 6.45) is 0. The molecule has 0 unspecified atom stereocenters. The molecule has 0 N–H and O–H groups in total. The summed E-state index contributed by atoms with van der Waals surface area (Å²) < 4.78 is 14.2. The summed E-state index contributed by atoms with van der Waals surface area (Å²) in [6.45, 7) is 9.89. The standard InChI is InChI=1S/C5H10O2.C3H4O2.CH4.W/c1-5(2)6-3-4-7-5;1-2-5-3-4;;/h3-4H2,1-2H3;1-2H2;1H4;/q;-2;;+2. The SMILES string of the molecule is C.CC1(C)OCCO1.[CH2-]CO[C-]=O.[W+2]. The Labute approximate surface area is 101 Å². The monoisotopic (exact) mass is 374 g/mol. The molecule has 1 saturated heterocycles. The van der Waals surface area contributed by atoms with Crippen LogP contribution in [0.5, 0.6) is 0 Å². The van der Waals surface area contributed by atoms with E-state index in [1.807, 2.05) is 13.8 Å². The van der Waals surface area contributed by atoms with Gasteiger partial charge in [0.05, 0.1) is 13.2 Å². The van der Waals surface area contributed by atoms with Crippen molar-refractivity contribution < 1.29 is 40.1 Å². The van der Waals surface area contributed by atoms with Gasteiger partial charge in [-0.15, -0.1) is 0 Å². The zero-order valence-electron chi connectivity index (χ0n) is 7.87. The van der Waals surface area contributed by atoms with Crippen molar-refractivity contribution in [3.05, 3.63) is 6.92 Å². The maximum Gasteiger partial charge on any atom is 2.00 e. The Kier molecular flexibility index (Phi) is 15.6. The first-order valence-corrected chi connectivity index (χ1v) is 3.68. The molecule has 4 nitrogen and oxygen atoms in total. The molecule has 0 radical (unpaired) electrons. The van der Waals surface area contributed by atoms with E-state index in [9.17, 15) is 0 Å². The molecule has 0 saturated carbocycles. The summed E-state index contributed by atoms with van der Waals surface area (Å²) in [7, 11) is 0. The fraction of sp³-hybridized carbons (Fsp3) is 0.778. The van der Waals surface area contributed by atoms with Crippen molar-refractivity contribution in [2.75, 3.05) is 19.8 Å². The van der Waals surface area contributed by atoms with Crippen molar-refractivity contribution in [1.29, 1.82) is 0 Å².